The number of anilines is 1. The lowest BCUT2D eigenvalue weighted by Crippen LogP contribution is -2.38. The highest BCUT2D eigenvalue weighted by molar-refractivity contribution is 7.17. The topological polar surface area (TPSA) is 90.4 Å². The van der Waals surface area contributed by atoms with Crippen molar-refractivity contribution in [2.24, 2.45) is 0 Å². The van der Waals surface area contributed by atoms with E-state index in [-0.39, 0.29) is 40.3 Å². The molecule has 1 saturated heterocycles. The Morgan fingerprint density at radius 3 is 2.49 bits per heavy atom. The fourth-order valence-electron chi connectivity index (χ4n) is 3.81. The number of nitrogens with zero attached hydrogens (tertiary/aromatic N) is 3. The molecule has 3 heterocycles. The first kappa shape index (κ1) is 29.1. The third-order valence-electron chi connectivity index (χ3n) is 5.93. The molecule has 0 bridgehead atoms. The highest BCUT2D eigenvalue weighted by atomic mass is 32.1. The number of thiazole rings is 1. The Morgan fingerprint density at radius 2 is 1.95 bits per heavy atom. The number of hydrogen-bond acceptors (Lipinski definition) is 7. The summed E-state index contributed by atoms with van der Waals surface area (Å²) in [6.07, 6.45) is -6.92. The molecule has 1 aliphatic heterocycles. The zero-order chi connectivity index (χ0) is 27.8. The van der Waals surface area contributed by atoms with Crippen LogP contribution < -0.4 is 10.6 Å². The first-order valence-electron chi connectivity index (χ1n) is 11.6. The fraction of sp³-hybridized carbons (Fsp3) is 0.609. The molecule has 37 heavy (non-hydrogen) atoms. The summed E-state index contributed by atoms with van der Waals surface area (Å²) in [5, 5.41) is 14.3. The number of likely N-dealkylation sites (tertiary alicyclic amines) is 1. The van der Waals surface area contributed by atoms with E-state index in [1.165, 1.54) is 13.8 Å². The summed E-state index contributed by atoms with van der Waals surface area (Å²) in [5.41, 5.74) is -2.54. The maximum atomic E-state index is 14.1. The van der Waals surface area contributed by atoms with Crippen LogP contribution in [0.2, 0.25) is 0 Å². The van der Waals surface area contributed by atoms with Gasteiger partial charge in [-0.25, -0.2) is 9.97 Å². The van der Waals surface area contributed by atoms with Gasteiger partial charge >= 0.3 is 12.4 Å². The summed E-state index contributed by atoms with van der Waals surface area (Å²) in [5.74, 6) is -1.24. The second kappa shape index (κ2) is 10.7. The van der Waals surface area contributed by atoms with Gasteiger partial charge in [-0.2, -0.15) is 26.3 Å². The second-order valence-electron chi connectivity index (χ2n) is 9.77. The van der Waals surface area contributed by atoms with Crippen molar-refractivity contribution in [2.45, 2.75) is 77.1 Å². The molecule has 0 radical (unpaired) electrons. The molecule has 2 aromatic rings. The van der Waals surface area contributed by atoms with Gasteiger partial charge in [-0.15, -0.1) is 11.3 Å². The number of rotatable bonds is 8. The summed E-state index contributed by atoms with van der Waals surface area (Å²) in [7, 11) is 0. The minimum Gasteiger partial charge on any atom is -0.389 e. The lowest BCUT2D eigenvalue weighted by Gasteiger charge is -2.21. The fourth-order valence-corrected chi connectivity index (χ4v) is 4.83. The lowest BCUT2D eigenvalue weighted by molar-refractivity contribution is -0.138. The van der Waals surface area contributed by atoms with Crippen LogP contribution in [0.3, 0.4) is 0 Å². The van der Waals surface area contributed by atoms with Crippen LogP contribution in [0.5, 0.6) is 0 Å². The Balaban J connectivity index is 2.05. The van der Waals surface area contributed by atoms with Gasteiger partial charge in [-0.1, -0.05) is 0 Å². The van der Waals surface area contributed by atoms with Crippen LogP contribution >= 0.6 is 11.3 Å². The van der Waals surface area contributed by atoms with Gasteiger partial charge in [0.05, 0.1) is 21.7 Å². The van der Waals surface area contributed by atoms with Crippen molar-refractivity contribution < 1.29 is 36.2 Å². The molecule has 0 spiro atoms. The van der Waals surface area contributed by atoms with E-state index in [0.29, 0.717) is 12.6 Å². The van der Waals surface area contributed by atoms with Crippen molar-refractivity contribution in [1.82, 2.24) is 20.2 Å². The Hall–Kier alpha value is -2.45. The minimum absolute atomic E-state index is 0.0581. The SMILES string of the molecule is C[C@H](Nc1cc(C(F)(F)F)c(-c2sc(C(=O)NCC(C)(C)O)nc2CN2CCC[C@@H]2C)cn1)C(F)(F)F. The molecule has 206 valence electrons. The molecule has 0 aliphatic carbocycles. The quantitative estimate of drug-likeness (QED) is 0.396. The predicted octanol–water partition coefficient (Wildman–Crippen LogP) is 5.07. The molecular weight excluding hydrogens is 524 g/mol. The average molecular weight is 554 g/mol. The van der Waals surface area contributed by atoms with E-state index in [4.69, 9.17) is 0 Å². The van der Waals surface area contributed by atoms with E-state index in [9.17, 15) is 36.2 Å². The molecule has 0 aromatic carbocycles. The highest BCUT2D eigenvalue weighted by Crippen LogP contribution is 2.42. The van der Waals surface area contributed by atoms with Gasteiger partial charge in [0.15, 0.2) is 5.01 Å². The predicted molar refractivity (Wildman–Crippen MR) is 127 cm³/mol. The molecule has 0 unspecified atom stereocenters. The molecule has 7 nitrogen and oxygen atoms in total. The Labute approximate surface area is 214 Å². The molecule has 1 amide bonds. The third kappa shape index (κ3) is 7.54. The van der Waals surface area contributed by atoms with Crippen molar-refractivity contribution >= 4 is 23.1 Å². The summed E-state index contributed by atoms with van der Waals surface area (Å²) >= 11 is 0.738. The molecule has 14 heteroatoms. The van der Waals surface area contributed by atoms with Gasteiger partial charge in [0.1, 0.15) is 11.9 Å². The minimum atomic E-state index is -4.91. The van der Waals surface area contributed by atoms with E-state index < -0.39 is 41.3 Å². The number of aliphatic hydroxyl groups is 1. The molecule has 1 fully saturated rings. The summed E-state index contributed by atoms with van der Waals surface area (Å²) in [4.78, 5) is 22.9. The lowest BCUT2D eigenvalue weighted by atomic mass is 10.1. The van der Waals surface area contributed by atoms with Gasteiger partial charge < -0.3 is 15.7 Å². The van der Waals surface area contributed by atoms with Crippen molar-refractivity contribution in [3.05, 3.63) is 28.5 Å². The van der Waals surface area contributed by atoms with Crippen molar-refractivity contribution in [2.75, 3.05) is 18.4 Å². The van der Waals surface area contributed by atoms with E-state index >= 15 is 0 Å². The largest absolute Gasteiger partial charge is 0.417 e. The Bertz CT molecular complexity index is 1110. The smallest absolute Gasteiger partial charge is 0.389 e. The number of hydrogen-bond donors (Lipinski definition) is 3. The van der Waals surface area contributed by atoms with Gasteiger partial charge in [-0.3, -0.25) is 9.69 Å². The second-order valence-corrected chi connectivity index (χ2v) is 10.8. The first-order valence-corrected chi connectivity index (χ1v) is 12.4. The van der Waals surface area contributed by atoms with Crippen LogP contribution in [0.4, 0.5) is 32.2 Å². The van der Waals surface area contributed by atoms with E-state index in [1.54, 1.807) is 0 Å². The van der Waals surface area contributed by atoms with Crippen molar-refractivity contribution in [3.8, 4) is 10.4 Å². The van der Waals surface area contributed by atoms with Crippen LogP contribution in [-0.2, 0) is 12.7 Å². The number of halogens is 6. The van der Waals surface area contributed by atoms with Gasteiger partial charge in [0, 0.05) is 30.9 Å². The van der Waals surface area contributed by atoms with Crippen molar-refractivity contribution in [1.29, 1.82) is 0 Å². The molecule has 2 atom stereocenters. The molecular formula is C23H29F6N5O2S. The van der Waals surface area contributed by atoms with Crippen LogP contribution in [0.25, 0.3) is 10.4 Å². The third-order valence-corrected chi connectivity index (χ3v) is 7.06. The van der Waals surface area contributed by atoms with Crippen molar-refractivity contribution in [3.63, 3.8) is 0 Å². The standard InChI is InChI=1S/C23H29F6N5O2S/c1-12-6-5-7-34(12)10-16-18(37-20(33-16)19(35)31-11-21(3,4)36)14-9-30-17(8-15(14)23(27,28)29)32-13(2)22(24,25)26/h8-9,12-13,36H,5-7,10-11H2,1-4H3,(H,30,32)(H,31,35)/t12-,13-/m0/s1. The number of pyridine rings is 1. The number of aromatic nitrogens is 2. The van der Waals surface area contributed by atoms with Gasteiger partial charge in [-0.05, 0) is 53.1 Å². The molecule has 3 rings (SSSR count). The monoisotopic (exact) mass is 553 g/mol. The average Bonchev–Trinajstić information content (AvgIpc) is 3.37. The number of amides is 1. The van der Waals surface area contributed by atoms with Gasteiger partial charge in [0.25, 0.3) is 5.91 Å². The number of alkyl halides is 6. The first-order chi connectivity index (χ1) is 17.0. The molecule has 1 aliphatic rings. The van der Waals surface area contributed by atoms with E-state index in [1.807, 2.05) is 17.1 Å². The van der Waals surface area contributed by atoms with Gasteiger partial charge in [0.2, 0.25) is 0 Å². The van der Waals surface area contributed by atoms with Crippen LogP contribution in [0.15, 0.2) is 12.3 Å². The molecule has 0 saturated carbocycles. The van der Waals surface area contributed by atoms with E-state index in [0.717, 1.165) is 37.3 Å². The number of nitrogens with one attached hydrogen (secondary N) is 2. The Morgan fingerprint density at radius 1 is 1.27 bits per heavy atom. The number of carbonyl (C=O) groups is 1. The number of carbonyl (C=O) groups excluding carboxylic acids is 1. The normalized spacial score (nSPS) is 18.2. The van der Waals surface area contributed by atoms with Crippen LogP contribution in [0, 0.1) is 0 Å². The van der Waals surface area contributed by atoms with Crippen LogP contribution in [0.1, 0.15) is 61.6 Å². The zero-order valence-electron chi connectivity index (χ0n) is 20.7. The Kier molecular flexibility index (Phi) is 8.44. The molecule has 2 aromatic heterocycles. The summed E-state index contributed by atoms with van der Waals surface area (Å²) < 4.78 is 81.1. The maximum Gasteiger partial charge on any atom is 0.417 e. The zero-order valence-corrected chi connectivity index (χ0v) is 21.5. The van der Waals surface area contributed by atoms with E-state index in [2.05, 4.69) is 15.3 Å². The van der Waals surface area contributed by atoms with Crippen LogP contribution in [-0.4, -0.2) is 62.8 Å². The summed E-state index contributed by atoms with van der Waals surface area (Å²) in [6, 6.07) is -1.42. The maximum absolute atomic E-state index is 14.1. The highest BCUT2D eigenvalue weighted by Gasteiger charge is 2.39. The molecule has 3 N–H and O–H groups in total. The summed E-state index contributed by atoms with van der Waals surface area (Å²) in [6.45, 7) is 6.52.